The Bertz CT molecular complexity index is 1020. The van der Waals surface area contributed by atoms with E-state index in [1.807, 2.05) is 16.9 Å². The molecule has 1 atom stereocenters. The quantitative estimate of drug-likeness (QED) is 0.588. The summed E-state index contributed by atoms with van der Waals surface area (Å²) < 4.78 is 15.1. The van der Waals surface area contributed by atoms with Gasteiger partial charge in [0, 0.05) is 37.6 Å². The lowest BCUT2D eigenvalue weighted by Gasteiger charge is -2.32. The molecule has 1 unspecified atom stereocenters. The van der Waals surface area contributed by atoms with Gasteiger partial charge in [-0.2, -0.15) is 5.10 Å². The Balaban J connectivity index is 1.28. The second-order valence-electron chi connectivity index (χ2n) is 8.41. The molecule has 0 bridgehead atoms. The Hall–Kier alpha value is -2.99. The van der Waals surface area contributed by atoms with Crippen molar-refractivity contribution in [2.45, 2.75) is 39.2 Å². The smallest absolute Gasteiger partial charge is 0.224 e. The Kier molecular flexibility index (Phi) is 6.77. The molecule has 1 saturated heterocycles. The summed E-state index contributed by atoms with van der Waals surface area (Å²) in [4.78, 5) is 14.9. The number of hydrogen-bond donors (Lipinski definition) is 1. The molecule has 162 valence electrons. The zero-order valence-electron chi connectivity index (χ0n) is 17.9. The maximum atomic E-state index is 13.2. The van der Waals surface area contributed by atoms with Crippen LogP contribution in [-0.2, 0) is 11.3 Å². The van der Waals surface area contributed by atoms with Crippen molar-refractivity contribution in [3.63, 3.8) is 0 Å². The van der Waals surface area contributed by atoms with Crippen LogP contribution in [0.5, 0.6) is 0 Å². The first-order valence-electron chi connectivity index (χ1n) is 10.9. The lowest BCUT2D eigenvalue weighted by molar-refractivity contribution is -0.116. The van der Waals surface area contributed by atoms with E-state index in [-0.39, 0.29) is 11.7 Å². The summed E-state index contributed by atoms with van der Waals surface area (Å²) in [5, 5.41) is 7.23. The van der Waals surface area contributed by atoms with Gasteiger partial charge in [-0.15, -0.1) is 0 Å². The van der Waals surface area contributed by atoms with Crippen molar-refractivity contribution >= 4 is 11.6 Å². The lowest BCUT2D eigenvalue weighted by atomic mass is 9.93. The minimum absolute atomic E-state index is 0.00115. The number of nitrogens with zero attached hydrogens (tertiary/aromatic N) is 3. The van der Waals surface area contributed by atoms with Crippen molar-refractivity contribution in [1.82, 2.24) is 14.7 Å². The standard InChI is InChI=1S/C25H29FN4O/c1-19-15-22(26)9-10-24(19)28-25(31)11-8-20-6-3-13-29(17-20)18-21-5-2-7-23(16-21)30-14-4-12-27-30/h2,4-5,7,9-10,12,14-16,20H,3,6,8,11,13,17-18H2,1H3,(H,28,31). The van der Waals surface area contributed by atoms with E-state index in [0.29, 0.717) is 18.0 Å². The molecule has 2 heterocycles. The molecule has 3 aromatic rings. The number of anilines is 1. The number of aromatic nitrogens is 2. The van der Waals surface area contributed by atoms with Gasteiger partial charge in [-0.25, -0.2) is 9.07 Å². The SMILES string of the molecule is Cc1cc(F)ccc1NC(=O)CCC1CCCN(Cc2cccc(-n3cccn3)c2)C1. The van der Waals surface area contributed by atoms with E-state index in [9.17, 15) is 9.18 Å². The summed E-state index contributed by atoms with van der Waals surface area (Å²) >= 11 is 0. The van der Waals surface area contributed by atoms with Crippen LogP contribution >= 0.6 is 0 Å². The van der Waals surface area contributed by atoms with Gasteiger partial charge >= 0.3 is 0 Å². The van der Waals surface area contributed by atoms with Gasteiger partial charge in [0.25, 0.3) is 0 Å². The molecular formula is C25H29FN4O. The molecule has 1 aromatic heterocycles. The highest BCUT2D eigenvalue weighted by Crippen LogP contribution is 2.24. The van der Waals surface area contributed by atoms with Gasteiger partial charge in [0.05, 0.1) is 5.69 Å². The fraction of sp³-hybridized carbons (Fsp3) is 0.360. The number of piperidine rings is 1. The summed E-state index contributed by atoms with van der Waals surface area (Å²) in [7, 11) is 0. The van der Waals surface area contributed by atoms with Crippen molar-refractivity contribution in [2.75, 3.05) is 18.4 Å². The number of amides is 1. The van der Waals surface area contributed by atoms with Crippen molar-refractivity contribution < 1.29 is 9.18 Å². The monoisotopic (exact) mass is 420 g/mol. The van der Waals surface area contributed by atoms with Crippen molar-refractivity contribution in [1.29, 1.82) is 0 Å². The Morgan fingerprint density at radius 3 is 2.94 bits per heavy atom. The second kappa shape index (κ2) is 9.88. The van der Waals surface area contributed by atoms with Crippen LogP contribution in [0.1, 0.15) is 36.8 Å². The van der Waals surface area contributed by atoms with E-state index in [1.165, 1.54) is 17.7 Å². The molecule has 1 N–H and O–H groups in total. The molecule has 1 fully saturated rings. The summed E-state index contributed by atoms with van der Waals surface area (Å²) in [6.07, 6.45) is 7.42. The van der Waals surface area contributed by atoms with Crippen LogP contribution in [0.2, 0.25) is 0 Å². The van der Waals surface area contributed by atoms with Crippen LogP contribution in [0, 0.1) is 18.7 Å². The lowest BCUT2D eigenvalue weighted by Crippen LogP contribution is -2.35. The van der Waals surface area contributed by atoms with Crippen LogP contribution in [0.4, 0.5) is 10.1 Å². The van der Waals surface area contributed by atoms with E-state index in [1.54, 1.807) is 19.2 Å². The van der Waals surface area contributed by atoms with Crippen LogP contribution in [0.3, 0.4) is 0 Å². The average molecular weight is 421 g/mol. The predicted molar refractivity (Wildman–Crippen MR) is 121 cm³/mol. The number of rotatable bonds is 7. The molecule has 0 spiro atoms. The highest BCUT2D eigenvalue weighted by atomic mass is 19.1. The van der Waals surface area contributed by atoms with Crippen molar-refractivity contribution in [2.24, 2.45) is 5.92 Å². The van der Waals surface area contributed by atoms with E-state index in [4.69, 9.17) is 0 Å². The van der Waals surface area contributed by atoms with Crippen LogP contribution in [-0.4, -0.2) is 33.7 Å². The number of likely N-dealkylation sites (tertiary alicyclic amines) is 1. The molecule has 6 heteroatoms. The molecule has 5 nitrogen and oxygen atoms in total. The minimum Gasteiger partial charge on any atom is -0.326 e. The van der Waals surface area contributed by atoms with E-state index in [2.05, 4.69) is 39.6 Å². The van der Waals surface area contributed by atoms with E-state index in [0.717, 1.165) is 50.1 Å². The number of carbonyl (C=O) groups excluding carboxylic acids is 1. The second-order valence-corrected chi connectivity index (χ2v) is 8.41. The van der Waals surface area contributed by atoms with Crippen LogP contribution in [0.15, 0.2) is 60.9 Å². The third-order valence-electron chi connectivity index (χ3n) is 5.93. The number of halogens is 1. The van der Waals surface area contributed by atoms with E-state index >= 15 is 0 Å². The number of benzene rings is 2. The zero-order valence-corrected chi connectivity index (χ0v) is 17.9. The van der Waals surface area contributed by atoms with Gasteiger partial charge in [0.1, 0.15) is 5.82 Å². The van der Waals surface area contributed by atoms with Gasteiger partial charge < -0.3 is 5.32 Å². The third kappa shape index (κ3) is 5.79. The molecule has 1 aliphatic heterocycles. The molecule has 2 aromatic carbocycles. The summed E-state index contributed by atoms with van der Waals surface area (Å²) in [5.74, 6) is 0.231. The molecule has 0 radical (unpaired) electrons. The molecule has 0 saturated carbocycles. The first kappa shape index (κ1) is 21.2. The fourth-order valence-corrected chi connectivity index (χ4v) is 4.32. The number of aryl methyl sites for hydroxylation is 1. The van der Waals surface area contributed by atoms with Gasteiger partial charge in [0.2, 0.25) is 5.91 Å². The highest BCUT2D eigenvalue weighted by molar-refractivity contribution is 5.91. The first-order valence-corrected chi connectivity index (χ1v) is 10.9. The molecule has 0 aliphatic carbocycles. The average Bonchev–Trinajstić information content (AvgIpc) is 3.30. The molecule has 1 amide bonds. The summed E-state index contributed by atoms with van der Waals surface area (Å²) in [5.41, 5.74) is 3.78. The third-order valence-corrected chi connectivity index (χ3v) is 5.93. The van der Waals surface area contributed by atoms with E-state index < -0.39 is 0 Å². The Morgan fingerprint density at radius 1 is 1.23 bits per heavy atom. The van der Waals surface area contributed by atoms with Gasteiger partial charge in [-0.1, -0.05) is 12.1 Å². The van der Waals surface area contributed by atoms with Crippen LogP contribution < -0.4 is 5.32 Å². The molecule has 1 aliphatic rings. The fourth-order valence-electron chi connectivity index (χ4n) is 4.32. The maximum absolute atomic E-state index is 13.2. The maximum Gasteiger partial charge on any atom is 0.224 e. The number of carbonyl (C=O) groups is 1. The Morgan fingerprint density at radius 2 is 2.13 bits per heavy atom. The molecule has 4 rings (SSSR count). The first-order chi connectivity index (χ1) is 15.1. The molecule has 31 heavy (non-hydrogen) atoms. The van der Waals surface area contributed by atoms with Crippen molar-refractivity contribution in [3.05, 3.63) is 77.9 Å². The molecular weight excluding hydrogens is 391 g/mol. The Labute approximate surface area is 182 Å². The predicted octanol–water partition coefficient (Wildman–Crippen LogP) is 4.95. The van der Waals surface area contributed by atoms with Gasteiger partial charge in [-0.05, 0) is 86.2 Å². The summed E-state index contributed by atoms with van der Waals surface area (Å²) in [6.45, 7) is 4.81. The minimum atomic E-state index is -0.284. The summed E-state index contributed by atoms with van der Waals surface area (Å²) in [6, 6.07) is 14.9. The van der Waals surface area contributed by atoms with Crippen molar-refractivity contribution in [3.8, 4) is 5.69 Å². The largest absolute Gasteiger partial charge is 0.326 e. The topological polar surface area (TPSA) is 50.2 Å². The van der Waals surface area contributed by atoms with Crippen LogP contribution in [0.25, 0.3) is 5.69 Å². The normalized spacial score (nSPS) is 16.9. The van der Waals surface area contributed by atoms with Gasteiger partial charge in [-0.3, -0.25) is 9.69 Å². The van der Waals surface area contributed by atoms with Gasteiger partial charge in [0.15, 0.2) is 0 Å². The highest BCUT2D eigenvalue weighted by Gasteiger charge is 2.21. The number of nitrogens with one attached hydrogen (secondary N) is 1. The zero-order chi connectivity index (χ0) is 21.6. The number of hydrogen-bond acceptors (Lipinski definition) is 3.